The highest BCUT2D eigenvalue weighted by molar-refractivity contribution is 5.87. The van der Waals surface area contributed by atoms with Crippen LogP contribution in [0.5, 0.6) is 0 Å². The Balaban J connectivity index is 1.26. The van der Waals surface area contributed by atoms with E-state index >= 15 is 0 Å². The van der Waals surface area contributed by atoms with Crippen molar-refractivity contribution in [2.45, 2.75) is 44.8 Å². The zero-order valence-electron chi connectivity index (χ0n) is 35.9. The number of hydrogen-bond acceptors (Lipinski definition) is 3. The molecule has 9 rings (SSSR count). The predicted molar refractivity (Wildman–Crippen MR) is 205 cm³/mol. The number of rotatable bonds is 5. The Kier molecular flexibility index (Phi) is 5.50. The van der Waals surface area contributed by atoms with Crippen LogP contribution in [-0.4, -0.2) is 15.0 Å². The number of fused-ring (bicyclic) bond motifs is 5. The van der Waals surface area contributed by atoms with Crippen molar-refractivity contribution in [3.63, 3.8) is 0 Å². The van der Waals surface area contributed by atoms with Crippen molar-refractivity contribution in [3.05, 3.63) is 163 Å². The Hall–Kier alpha value is -5.67. The van der Waals surface area contributed by atoms with Gasteiger partial charge in [0.2, 0.25) is 0 Å². The molecular formula is C47H39N3. The van der Waals surface area contributed by atoms with Crippen LogP contribution in [0.2, 0.25) is 0 Å². The van der Waals surface area contributed by atoms with Crippen LogP contribution in [0.15, 0.2) is 152 Å². The lowest BCUT2D eigenvalue weighted by molar-refractivity contribution is 0.188. The van der Waals surface area contributed by atoms with Gasteiger partial charge in [0, 0.05) is 27.6 Å². The molecule has 1 saturated carbocycles. The fourth-order valence-electron chi connectivity index (χ4n) is 7.13. The standard InChI is InChI=1S/C47H39N3/c1-46(2)26-28-47(29-27-46)41-23-12-11-21-38(41)39-25-24-35(31-42(39)47)34-18-13-19-36(30-34)37-20-9-10-22-40(37)45-49-43(32-14-5-3-6-15-32)48-44(50-45)33-16-7-4-8-17-33/h3-25,30-31H,26-29H2,1-2H3/i13D,18D,19D,28D2,29D2,30D. The average molecular weight is 654 g/mol. The van der Waals surface area contributed by atoms with Gasteiger partial charge in [0.05, 0.1) is 5.48 Å². The molecule has 1 fully saturated rings. The van der Waals surface area contributed by atoms with E-state index < -0.39 is 23.6 Å². The van der Waals surface area contributed by atoms with Gasteiger partial charge in [0.1, 0.15) is 0 Å². The quantitative estimate of drug-likeness (QED) is 0.186. The fourth-order valence-corrected chi connectivity index (χ4v) is 7.13. The molecule has 0 N–H and O–H groups in total. The molecular weight excluding hydrogens is 607 g/mol. The SMILES string of the molecule is [2H]c1c([2H])c(-c2ccc3c(c2)C2(c4ccccc4-3)C([2H])([2H])CC(C)(C)CC2([2H])[2H])c([2H])c(-c2ccccc2-c2nc(-c3ccccc3)nc(-c3ccccc3)n2)c1[2H]. The first-order chi connectivity index (χ1) is 27.6. The van der Waals surface area contributed by atoms with Crippen molar-refractivity contribution >= 4 is 0 Å². The molecule has 3 heteroatoms. The summed E-state index contributed by atoms with van der Waals surface area (Å²) in [4.78, 5) is 14.6. The van der Waals surface area contributed by atoms with Gasteiger partial charge in [0.15, 0.2) is 17.5 Å². The van der Waals surface area contributed by atoms with Crippen LogP contribution in [0.4, 0.5) is 0 Å². The predicted octanol–water partition coefficient (Wildman–Crippen LogP) is 12.1. The Bertz CT molecular complexity index is 2690. The molecule has 0 amide bonds. The minimum atomic E-state index is -2.01. The molecule has 2 aliphatic rings. The van der Waals surface area contributed by atoms with Gasteiger partial charge >= 0.3 is 0 Å². The second kappa shape index (κ2) is 12.0. The maximum atomic E-state index is 9.76. The van der Waals surface area contributed by atoms with Crippen LogP contribution in [-0.2, 0) is 5.41 Å². The van der Waals surface area contributed by atoms with Crippen molar-refractivity contribution in [2.24, 2.45) is 5.41 Å². The Morgan fingerprint density at radius 3 is 1.72 bits per heavy atom. The zero-order valence-corrected chi connectivity index (χ0v) is 27.9. The lowest BCUT2D eigenvalue weighted by Gasteiger charge is -2.43. The molecule has 0 saturated heterocycles. The van der Waals surface area contributed by atoms with Gasteiger partial charge in [-0.05, 0) is 87.6 Å². The number of hydrogen-bond donors (Lipinski definition) is 0. The highest BCUT2D eigenvalue weighted by Crippen LogP contribution is 2.58. The summed E-state index contributed by atoms with van der Waals surface area (Å²) in [5, 5.41) is 0. The second-order valence-corrected chi connectivity index (χ2v) is 13.8. The van der Waals surface area contributed by atoms with Crippen molar-refractivity contribution in [1.29, 1.82) is 0 Å². The molecule has 0 atom stereocenters. The average Bonchev–Trinajstić information content (AvgIpc) is 3.51. The molecule has 6 aromatic carbocycles. The molecule has 1 spiro atoms. The smallest absolute Gasteiger partial charge is 0.164 e. The molecule has 2 aliphatic carbocycles. The third kappa shape index (κ3) is 5.25. The number of nitrogens with zero attached hydrogens (tertiary/aromatic N) is 3. The second-order valence-electron chi connectivity index (χ2n) is 13.8. The van der Waals surface area contributed by atoms with E-state index in [1.54, 1.807) is 24.3 Å². The van der Waals surface area contributed by atoms with Crippen LogP contribution >= 0.6 is 0 Å². The van der Waals surface area contributed by atoms with E-state index in [2.05, 4.69) is 0 Å². The maximum Gasteiger partial charge on any atom is 0.164 e. The van der Waals surface area contributed by atoms with E-state index in [0.717, 1.165) is 16.7 Å². The molecule has 0 bridgehead atoms. The summed E-state index contributed by atoms with van der Waals surface area (Å²) in [7, 11) is 0. The molecule has 0 unspecified atom stereocenters. The summed E-state index contributed by atoms with van der Waals surface area (Å²) in [6.07, 6.45) is -3.76. The zero-order chi connectivity index (χ0) is 40.8. The normalized spacial score (nSPS) is 19.7. The van der Waals surface area contributed by atoms with Gasteiger partial charge in [-0.3, -0.25) is 0 Å². The van der Waals surface area contributed by atoms with E-state index in [-0.39, 0.29) is 48.1 Å². The van der Waals surface area contributed by atoms with Gasteiger partial charge in [-0.15, -0.1) is 0 Å². The molecule has 7 aromatic rings. The molecule has 0 aliphatic heterocycles. The lowest BCUT2D eigenvalue weighted by atomic mass is 9.61. The van der Waals surface area contributed by atoms with Crippen molar-refractivity contribution < 1.29 is 11.0 Å². The first kappa shape index (κ1) is 22.9. The first-order valence-electron chi connectivity index (χ1n) is 21.0. The van der Waals surface area contributed by atoms with Gasteiger partial charge < -0.3 is 0 Å². The Morgan fingerprint density at radius 2 is 1.04 bits per heavy atom. The largest absolute Gasteiger partial charge is 0.208 e. The van der Waals surface area contributed by atoms with Gasteiger partial charge in [0.25, 0.3) is 0 Å². The topological polar surface area (TPSA) is 38.7 Å². The molecule has 1 aromatic heterocycles. The van der Waals surface area contributed by atoms with E-state index in [1.807, 2.05) is 117 Å². The van der Waals surface area contributed by atoms with Crippen molar-refractivity contribution in [3.8, 4) is 67.5 Å². The highest BCUT2D eigenvalue weighted by atomic mass is 15.0. The molecule has 242 valence electrons. The van der Waals surface area contributed by atoms with Crippen LogP contribution in [0, 0.1) is 5.41 Å². The lowest BCUT2D eigenvalue weighted by Crippen LogP contribution is -2.34. The van der Waals surface area contributed by atoms with Crippen molar-refractivity contribution in [2.75, 3.05) is 0 Å². The van der Waals surface area contributed by atoms with Crippen molar-refractivity contribution in [1.82, 2.24) is 15.0 Å². The monoisotopic (exact) mass is 653 g/mol. The van der Waals surface area contributed by atoms with E-state index in [1.165, 1.54) is 0 Å². The fraction of sp³-hybridized carbons (Fsp3) is 0.170. The summed E-state index contributed by atoms with van der Waals surface area (Å²) in [5.74, 6) is 1.20. The third-order valence-electron chi connectivity index (χ3n) is 9.76. The summed E-state index contributed by atoms with van der Waals surface area (Å²) in [5.41, 5.74) is 3.34. The van der Waals surface area contributed by atoms with Crippen LogP contribution < -0.4 is 0 Å². The minimum Gasteiger partial charge on any atom is -0.208 e. The molecule has 1 heterocycles. The number of benzene rings is 6. The minimum absolute atomic E-state index is 0.0996. The first-order valence-corrected chi connectivity index (χ1v) is 17.0. The summed E-state index contributed by atoms with van der Waals surface area (Å²) >= 11 is 0. The molecule has 3 nitrogen and oxygen atoms in total. The van der Waals surface area contributed by atoms with E-state index in [0.29, 0.717) is 50.9 Å². The third-order valence-corrected chi connectivity index (χ3v) is 9.76. The van der Waals surface area contributed by atoms with Crippen LogP contribution in [0.25, 0.3) is 67.5 Å². The highest BCUT2D eigenvalue weighted by Gasteiger charge is 2.46. The van der Waals surface area contributed by atoms with Gasteiger partial charge in [-0.25, -0.2) is 15.0 Å². The van der Waals surface area contributed by atoms with Gasteiger partial charge in [-0.2, -0.15) is 0 Å². The van der Waals surface area contributed by atoms with Gasteiger partial charge in [-0.1, -0.05) is 153 Å². The van der Waals surface area contributed by atoms with Crippen LogP contribution in [0.1, 0.15) is 61.5 Å². The molecule has 0 radical (unpaired) electrons. The summed E-state index contributed by atoms with van der Waals surface area (Å²) in [6, 6.07) is 37.9. The maximum absolute atomic E-state index is 9.76. The van der Waals surface area contributed by atoms with E-state index in [4.69, 9.17) is 16.3 Å². The van der Waals surface area contributed by atoms with Crippen LogP contribution in [0.3, 0.4) is 0 Å². The molecule has 50 heavy (non-hydrogen) atoms. The van der Waals surface area contributed by atoms with E-state index in [9.17, 15) is 9.60 Å². The summed E-state index contributed by atoms with van der Waals surface area (Å²) < 4.78 is 75.8. The summed E-state index contributed by atoms with van der Waals surface area (Å²) in [6.45, 7) is 3.82. The Morgan fingerprint density at radius 1 is 0.500 bits per heavy atom. The number of aromatic nitrogens is 3. The Labute approximate surface area is 306 Å².